The van der Waals surface area contributed by atoms with E-state index in [1.54, 1.807) is 0 Å². The average molecular weight is 236 g/mol. The van der Waals surface area contributed by atoms with Gasteiger partial charge in [-0.15, -0.1) is 0 Å². The number of nitrogens with zero attached hydrogens (tertiary/aromatic N) is 2. The highest BCUT2D eigenvalue weighted by atomic mass is 19.4. The van der Waals surface area contributed by atoms with Crippen molar-refractivity contribution in [2.45, 2.75) is 25.1 Å². The Hall–Kier alpha value is -1.29. The van der Waals surface area contributed by atoms with Gasteiger partial charge in [-0.25, -0.2) is 0 Å². The minimum Gasteiger partial charge on any atom is -0.362 e. The summed E-state index contributed by atoms with van der Waals surface area (Å²) in [4.78, 5) is 12.6. The molecule has 90 valence electrons. The zero-order chi connectivity index (χ0) is 12.2. The van der Waals surface area contributed by atoms with Crippen LogP contribution in [0.3, 0.4) is 0 Å². The van der Waals surface area contributed by atoms with Crippen LogP contribution in [0.4, 0.5) is 13.2 Å². The van der Waals surface area contributed by atoms with E-state index < -0.39 is 31.3 Å². The zero-order valence-corrected chi connectivity index (χ0v) is 8.46. The number of carbonyl (C=O) groups excluding carboxylic acids is 1. The summed E-state index contributed by atoms with van der Waals surface area (Å²) in [6, 6.07) is 1.40. The maximum Gasteiger partial charge on any atom is 0.411 e. The highest BCUT2D eigenvalue weighted by Gasteiger charge is 2.31. The van der Waals surface area contributed by atoms with Gasteiger partial charge in [0.05, 0.1) is 6.07 Å². The first-order valence-electron chi connectivity index (χ1n) is 4.77. The molecule has 0 aromatic heterocycles. The van der Waals surface area contributed by atoms with Crippen molar-refractivity contribution in [3.8, 4) is 6.07 Å². The Balaban J connectivity index is 2.33. The van der Waals surface area contributed by atoms with Gasteiger partial charge in [0.25, 0.3) is 0 Å². The third-order valence-corrected chi connectivity index (χ3v) is 2.21. The molecule has 0 aromatic rings. The molecule has 1 saturated heterocycles. The van der Waals surface area contributed by atoms with E-state index in [0.717, 1.165) is 0 Å². The minimum atomic E-state index is -4.43. The van der Waals surface area contributed by atoms with Crippen LogP contribution in [0.2, 0.25) is 0 Å². The molecule has 7 heteroatoms. The predicted molar refractivity (Wildman–Crippen MR) is 47.2 cm³/mol. The Morgan fingerprint density at radius 1 is 1.56 bits per heavy atom. The molecular weight excluding hydrogens is 225 g/mol. The highest BCUT2D eigenvalue weighted by Crippen LogP contribution is 2.17. The maximum absolute atomic E-state index is 11.7. The summed E-state index contributed by atoms with van der Waals surface area (Å²) in [6.07, 6.45) is -3.16. The fourth-order valence-corrected chi connectivity index (χ4v) is 1.54. The van der Waals surface area contributed by atoms with Crippen molar-refractivity contribution in [1.29, 1.82) is 5.26 Å². The third-order valence-electron chi connectivity index (χ3n) is 2.21. The van der Waals surface area contributed by atoms with Crippen molar-refractivity contribution in [1.82, 2.24) is 4.90 Å². The van der Waals surface area contributed by atoms with Gasteiger partial charge < -0.3 is 9.64 Å². The van der Waals surface area contributed by atoms with Crippen LogP contribution in [-0.2, 0) is 9.53 Å². The normalized spacial score (nSPS) is 20.9. The molecule has 16 heavy (non-hydrogen) atoms. The van der Waals surface area contributed by atoms with Gasteiger partial charge in [-0.1, -0.05) is 0 Å². The summed E-state index contributed by atoms with van der Waals surface area (Å²) >= 11 is 0. The lowest BCUT2D eigenvalue weighted by Gasteiger charge is -2.19. The minimum absolute atomic E-state index is 0.409. The first kappa shape index (κ1) is 12.8. The summed E-state index contributed by atoms with van der Waals surface area (Å²) in [7, 11) is 0. The Kier molecular flexibility index (Phi) is 4.12. The zero-order valence-electron chi connectivity index (χ0n) is 8.46. The van der Waals surface area contributed by atoms with Crippen molar-refractivity contribution in [3.05, 3.63) is 0 Å². The Bertz CT molecular complexity index is 298. The number of ether oxygens (including phenoxy) is 1. The first-order valence-corrected chi connectivity index (χ1v) is 4.77. The SMILES string of the molecule is N#CC1CCCN1C(=O)COCC(F)(F)F. The smallest absolute Gasteiger partial charge is 0.362 e. The van der Waals surface area contributed by atoms with Gasteiger partial charge in [-0.2, -0.15) is 18.4 Å². The second-order valence-corrected chi connectivity index (χ2v) is 3.48. The lowest BCUT2D eigenvalue weighted by molar-refractivity contribution is -0.177. The van der Waals surface area contributed by atoms with Crippen molar-refractivity contribution in [2.24, 2.45) is 0 Å². The first-order chi connectivity index (χ1) is 7.44. The fourth-order valence-electron chi connectivity index (χ4n) is 1.54. The predicted octanol–water partition coefficient (Wildman–Crippen LogP) is 1.08. The molecule has 0 bridgehead atoms. The van der Waals surface area contributed by atoms with E-state index in [9.17, 15) is 18.0 Å². The number of carbonyl (C=O) groups is 1. The van der Waals surface area contributed by atoms with Gasteiger partial charge in [-0.3, -0.25) is 4.79 Å². The number of halogens is 3. The van der Waals surface area contributed by atoms with E-state index in [0.29, 0.717) is 19.4 Å². The van der Waals surface area contributed by atoms with Crippen LogP contribution < -0.4 is 0 Å². The van der Waals surface area contributed by atoms with E-state index in [4.69, 9.17) is 5.26 Å². The monoisotopic (exact) mass is 236 g/mol. The topological polar surface area (TPSA) is 53.3 Å². The van der Waals surface area contributed by atoms with Gasteiger partial charge in [0.1, 0.15) is 19.3 Å². The average Bonchev–Trinajstić information content (AvgIpc) is 2.63. The number of rotatable bonds is 3. The second kappa shape index (κ2) is 5.16. The van der Waals surface area contributed by atoms with E-state index in [2.05, 4.69) is 4.74 Å². The molecule has 1 fully saturated rings. The van der Waals surface area contributed by atoms with E-state index in [1.807, 2.05) is 6.07 Å². The number of amides is 1. The third kappa shape index (κ3) is 3.70. The highest BCUT2D eigenvalue weighted by molar-refractivity contribution is 5.78. The molecule has 0 aliphatic carbocycles. The molecule has 0 spiro atoms. The summed E-state index contributed by atoms with van der Waals surface area (Å²) in [5.74, 6) is -0.562. The molecule has 4 nitrogen and oxygen atoms in total. The quantitative estimate of drug-likeness (QED) is 0.736. The van der Waals surface area contributed by atoms with Crippen LogP contribution in [0, 0.1) is 11.3 Å². The van der Waals surface area contributed by atoms with Crippen LogP contribution in [0.1, 0.15) is 12.8 Å². The molecule has 1 rings (SSSR count). The molecule has 1 amide bonds. The lowest BCUT2D eigenvalue weighted by Crippen LogP contribution is -2.37. The van der Waals surface area contributed by atoms with Crippen molar-refractivity contribution in [2.75, 3.05) is 19.8 Å². The summed E-state index contributed by atoms with van der Waals surface area (Å²) in [6.45, 7) is -1.66. The summed E-state index contributed by atoms with van der Waals surface area (Å²) < 4.78 is 39.4. The van der Waals surface area contributed by atoms with Crippen LogP contribution in [0.5, 0.6) is 0 Å². The largest absolute Gasteiger partial charge is 0.411 e. The van der Waals surface area contributed by atoms with Gasteiger partial charge in [-0.05, 0) is 12.8 Å². The van der Waals surface area contributed by atoms with E-state index in [1.165, 1.54) is 4.90 Å². The number of hydrogen-bond acceptors (Lipinski definition) is 3. The van der Waals surface area contributed by atoms with Gasteiger partial charge in [0.2, 0.25) is 5.91 Å². The fraction of sp³-hybridized carbons (Fsp3) is 0.778. The van der Waals surface area contributed by atoms with Crippen molar-refractivity contribution >= 4 is 5.91 Å². The molecular formula is C9H11F3N2O2. The Morgan fingerprint density at radius 3 is 2.81 bits per heavy atom. The summed E-state index contributed by atoms with van der Waals surface area (Å²) in [5.41, 5.74) is 0. The Labute approximate surface area is 90.6 Å². The molecule has 0 N–H and O–H groups in total. The number of likely N-dealkylation sites (tertiary alicyclic amines) is 1. The van der Waals surface area contributed by atoms with Crippen molar-refractivity contribution in [3.63, 3.8) is 0 Å². The molecule has 0 aromatic carbocycles. The maximum atomic E-state index is 11.7. The van der Waals surface area contributed by atoms with Gasteiger partial charge in [0, 0.05) is 6.54 Å². The van der Waals surface area contributed by atoms with E-state index >= 15 is 0 Å². The molecule has 0 saturated carbocycles. The summed E-state index contributed by atoms with van der Waals surface area (Å²) in [5, 5.41) is 8.68. The number of hydrogen-bond donors (Lipinski definition) is 0. The number of nitriles is 1. The molecule has 1 heterocycles. The van der Waals surface area contributed by atoms with Gasteiger partial charge >= 0.3 is 6.18 Å². The van der Waals surface area contributed by atoms with Crippen molar-refractivity contribution < 1.29 is 22.7 Å². The van der Waals surface area contributed by atoms with Crippen LogP contribution in [-0.4, -0.2) is 42.8 Å². The molecule has 1 aliphatic heterocycles. The lowest BCUT2D eigenvalue weighted by atomic mass is 10.2. The Morgan fingerprint density at radius 2 is 2.25 bits per heavy atom. The van der Waals surface area contributed by atoms with Crippen LogP contribution >= 0.6 is 0 Å². The second-order valence-electron chi connectivity index (χ2n) is 3.48. The molecule has 1 aliphatic rings. The van der Waals surface area contributed by atoms with Gasteiger partial charge in [0.15, 0.2) is 0 Å². The van der Waals surface area contributed by atoms with Crippen LogP contribution in [0.15, 0.2) is 0 Å². The van der Waals surface area contributed by atoms with E-state index in [-0.39, 0.29) is 0 Å². The molecule has 1 atom stereocenters. The molecule has 1 unspecified atom stereocenters. The number of alkyl halides is 3. The standard InChI is InChI=1S/C9H11F3N2O2/c10-9(11,12)6-16-5-8(15)14-3-1-2-7(14)4-13/h7H,1-3,5-6H2. The van der Waals surface area contributed by atoms with Crippen LogP contribution in [0.25, 0.3) is 0 Å². The molecule has 0 radical (unpaired) electrons.